The Balaban J connectivity index is 1.67. The van der Waals surface area contributed by atoms with Gasteiger partial charge in [-0.3, -0.25) is 0 Å². The summed E-state index contributed by atoms with van der Waals surface area (Å²) < 4.78 is 12.8. The molecule has 23 heavy (non-hydrogen) atoms. The van der Waals surface area contributed by atoms with E-state index < -0.39 is 0 Å². The first-order valence-corrected chi connectivity index (χ1v) is 7.89. The normalized spacial score (nSPS) is 21.6. The predicted molar refractivity (Wildman–Crippen MR) is 88.0 cm³/mol. The molecule has 1 aliphatic rings. The van der Waals surface area contributed by atoms with Crippen molar-refractivity contribution in [1.29, 1.82) is 0 Å². The lowest BCUT2D eigenvalue weighted by atomic mass is 10.0. The molecular weight excluding hydrogens is 290 g/mol. The Morgan fingerprint density at radius 2 is 2.04 bits per heavy atom. The fraction of sp³-hybridized carbons (Fsp3) is 0.333. The highest BCUT2D eigenvalue weighted by molar-refractivity contribution is 5.95. The average molecular weight is 309 g/mol. The average Bonchev–Trinajstić information content (AvgIpc) is 3.11. The van der Waals surface area contributed by atoms with Crippen molar-refractivity contribution in [3.8, 4) is 11.3 Å². The Morgan fingerprint density at radius 3 is 2.96 bits per heavy atom. The molecule has 2 heterocycles. The van der Waals surface area contributed by atoms with E-state index in [0.717, 1.165) is 24.1 Å². The summed E-state index contributed by atoms with van der Waals surface area (Å²) in [6, 6.07) is 14.9. The number of benzene rings is 2. The van der Waals surface area contributed by atoms with Crippen LogP contribution in [0.3, 0.4) is 0 Å². The van der Waals surface area contributed by atoms with Crippen molar-refractivity contribution in [3.05, 3.63) is 48.7 Å². The first-order valence-electron chi connectivity index (χ1n) is 7.89. The van der Waals surface area contributed by atoms with E-state index in [-0.39, 0.29) is 12.3 Å². The van der Waals surface area contributed by atoms with Crippen LogP contribution in [-0.2, 0) is 9.47 Å². The molecule has 2 unspecified atom stereocenters. The largest absolute Gasteiger partial charge is 0.356 e. The van der Waals surface area contributed by atoms with E-state index in [4.69, 9.17) is 9.47 Å². The number of fused-ring (bicyclic) bond motifs is 1. The van der Waals surface area contributed by atoms with Gasteiger partial charge in [-0.1, -0.05) is 47.7 Å². The number of hydrogen-bond donors (Lipinski definition) is 0. The maximum absolute atomic E-state index is 5.54. The third kappa shape index (κ3) is 2.73. The molecule has 0 N–H and O–H groups in total. The van der Waals surface area contributed by atoms with Crippen LogP contribution in [0.25, 0.3) is 22.0 Å². The van der Waals surface area contributed by atoms with E-state index in [1.807, 2.05) is 10.9 Å². The number of aromatic nitrogens is 3. The van der Waals surface area contributed by atoms with Crippen LogP contribution in [-0.4, -0.2) is 35.0 Å². The van der Waals surface area contributed by atoms with Gasteiger partial charge in [0.2, 0.25) is 0 Å². The van der Waals surface area contributed by atoms with Crippen LogP contribution in [0.5, 0.6) is 0 Å². The van der Waals surface area contributed by atoms with Crippen molar-refractivity contribution in [2.75, 3.05) is 13.7 Å². The number of methoxy groups -OCH3 is 1. The van der Waals surface area contributed by atoms with Crippen LogP contribution in [0.1, 0.15) is 18.9 Å². The first kappa shape index (κ1) is 14.4. The lowest BCUT2D eigenvalue weighted by Crippen LogP contribution is -2.29. The molecule has 1 fully saturated rings. The summed E-state index contributed by atoms with van der Waals surface area (Å²) in [6.07, 6.45) is 3.61. The molecule has 0 radical (unpaired) electrons. The van der Waals surface area contributed by atoms with Crippen LogP contribution < -0.4 is 0 Å². The summed E-state index contributed by atoms with van der Waals surface area (Å²) in [4.78, 5) is 0. The fourth-order valence-electron chi connectivity index (χ4n) is 3.18. The van der Waals surface area contributed by atoms with Crippen molar-refractivity contribution in [2.45, 2.75) is 25.2 Å². The molecule has 1 aromatic heterocycles. The van der Waals surface area contributed by atoms with Gasteiger partial charge in [-0.15, -0.1) is 5.10 Å². The Morgan fingerprint density at radius 1 is 1.17 bits per heavy atom. The SMILES string of the molecule is COC1CC(n2cc(-c3cccc4ccccc34)nn2)CCO1. The molecule has 2 aromatic carbocycles. The summed E-state index contributed by atoms with van der Waals surface area (Å²) in [5.41, 5.74) is 2.02. The molecule has 2 atom stereocenters. The molecule has 0 bridgehead atoms. The molecule has 1 saturated heterocycles. The Bertz CT molecular complexity index is 809. The maximum atomic E-state index is 5.54. The molecular formula is C18H19N3O2. The highest BCUT2D eigenvalue weighted by Crippen LogP contribution is 2.29. The highest BCUT2D eigenvalue weighted by atomic mass is 16.7. The number of rotatable bonds is 3. The van der Waals surface area contributed by atoms with Gasteiger partial charge in [-0.05, 0) is 17.2 Å². The van der Waals surface area contributed by atoms with Crippen molar-refractivity contribution in [1.82, 2.24) is 15.0 Å². The zero-order chi connectivity index (χ0) is 15.6. The Hall–Kier alpha value is -2.24. The van der Waals surface area contributed by atoms with Gasteiger partial charge in [-0.2, -0.15) is 0 Å². The molecule has 5 nitrogen and oxygen atoms in total. The van der Waals surface area contributed by atoms with Gasteiger partial charge in [0.05, 0.1) is 18.8 Å². The van der Waals surface area contributed by atoms with Gasteiger partial charge in [0.25, 0.3) is 0 Å². The van der Waals surface area contributed by atoms with Gasteiger partial charge in [0.1, 0.15) is 5.69 Å². The van der Waals surface area contributed by atoms with Crippen LogP contribution >= 0.6 is 0 Å². The number of hydrogen-bond acceptors (Lipinski definition) is 4. The van der Waals surface area contributed by atoms with Gasteiger partial charge < -0.3 is 9.47 Å². The van der Waals surface area contributed by atoms with E-state index in [0.29, 0.717) is 6.61 Å². The van der Waals surface area contributed by atoms with Crippen LogP contribution in [0.2, 0.25) is 0 Å². The summed E-state index contributed by atoms with van der Waals surface area (Å²) in [5, 5.41) is 11.2. The van der Waals surface area contributed by atoms with Crippen molar-refractivity contribution in [3.63, 3.8) is 0 Å². The van der Waals surface area contributed by atoms with E-state index >= 15 is 0 Å². The molecule has 0 spiro atoms. The number of ether oxygens (including phenoxy) is 2. The van der Waals surface area contributed by atoms with Gasteiger partial charge in [0.15, 0.2) is 6.29 Å². The fourth-order valence-corrected chi connectivity index (χ4v) is 3.18. The summed E-state index contributed by atoms with van der Waals surface area (Å²) in [7, 11) is 1.68. The summed E-state index contributed by atoms with van der Waals surface area (Å²) in [6.45, 7) is 0.687. The molecule has 1 aliphatic heterocycles. The number of nitrogens with zero attached hydrogens (tertiary/aromatic N) is 3. The van der Waals surface area contributed by atoms with Crippen LogP contribution in [0.4, 0.5) is 0 Å². The van der Waals surface area contributed by atoms with E-state index in [1.54, 1.807) is 7.11 Å². The van der Waals surface area contributed by atoms with Gasteiger partial charge >= 0.3 is 0 Å². The summed E-state index contributed by atoms with van der Waals surface area (Å²) >= 11 is 0. The zero-order valence-corrected chi connectivity index (χ0v) is 13.1. The molecule has 4 rings (SSSR count). The second-order valence-corrected chi connectivity index (χ2v) is 5.82. The van der Waals surface area contributed by atoms with E-state index in [1.165, 1.54) is 10.8 Å². The zero-order valence-electron chi connectivity index (χ0n) is 13.1. The van der Waals surface area contributed by atoms with Crippen molar-refractivity contribution in [2.24, 2.45) is 0 Å². The topological polar surface area (TPSA) is 49.2 Å². The highest BCUT2D eigenvalue weighted by Gasteiger charge is 2.24. The Labute approximate surface area is 134 Å². The molecule has 3 aromatic rings. The van der Waals surface area contributed by atoms with E-state index in [9.17, 15) is 0 Å². The van der Waals surface area contributed by atoms with Crippen LogP contribution in [0.15, 0.2) is 48.7 Å². The molecule has 118 valence electrons. The van der Waals surface area contributed by atoms with Gasteiger partial charge in [-0.25, -0.2) is 4.68 Å². The predicted octanol–water partition coefficient (Wildman–Crippen LogP) is 3.42. The lowest BCUT2D eigenvalue weighted by Gasteiger charge is -2.28. The van der Waals surface area contributed by atoms with Gasteiger partial charge in [0, 0.05) is 19.1 Å². The lowest BCUT2D eigenvalue weighted by molar-refractivity contribution is -0.157. The minimum absolute atomic E-state index is 0.154. The maximum Gasteiger partial charge on any atom is 0.159 e. The Kier molecular flexibility index (Phi) is 3.81. The standard InChI is InChI=1S/C18H19N3O2/c1-22-18-11-14(9-10-23-18)21-12-17(19-20-21)16-8-4-6-13-5-2-3-7-15(13)16/h2-8,12,14,18H,9-11H2,1H3. The second-order valence-electron chi connectivity index (χ2n) is 5.82. The molecule has 0 aliphatic carbocycles. The molecule has 5 heteroatoms. The quantitative estimate of drug-likeness (QED) is 0.744. The second kappa shape index (κ2) is 6.10. The van der Waals surface area contributed by atoms with Crippen molar-refractivity contribution < 1.29 is 9.47 Å². The molecule has 0 amide bonds. The van der Waals surface area contributed by atoms with Crippen LogP contribution in [0, 0.1) is 0 Å². The third-order valence-corrected chi connectivity index (χ3v) is 4.43. The van der Waals surface area contributed by atoms with E-state index in [2.05, 4.69) is 52.8 Å². The monoisotopic (exact) mass is 309 g/mol. The third-order valence-electron chi connectivity index (χ3n) is 4.43. The minimum atomic E-state index is -0.154. The molecule has 0 saturated carbocycles. The minimum Gasteiger partial charge on any atom is -0.356 e. The smallest absolute Gasteiger partial charge is 0.159 e. The first-order chi connectivity index (χ1) is 11.3. The van der Waals surface area contributed by atoms with Crippen molar-refractivity contribution >= 4 is 10.8 Å². The summed E-state index contributed by atoms with van der Waals surface area (Å²) in [5.74, 6) is 0.